The van der Waals surface area contributed by atoms with Crippen molar-refractivity contribution in [1.82, 2.24) is 4.31 Å². The minimum Gasteiger partial charge on any atom is -0.480 e. The molecule has 1 aliphatic rings. The van der Waals surface area contributed by atoms with E-state index in [2.05, 4.69) is 0 Å². The van der Waals surface area contributed by atoms with Crippen LogP contribution in [0.3, 0.4) is 0 Å². The van der Waals surface area contributed by atoms with Crippen LogP contribution in [0.5, 0.6) is 0 Å². The van der Waals surface area contributed by atoms with Crippen molar-refractivity contribution in [3.05, 3.63) is 29.0 Å². The number of carboxylic acid groups (broad SMARTS) is 1. The summed E-state index contributed by atoms with van der Waals surface area (Å²) in [5.41, 5.74) is 0. The van der Waals surface area contributed by atoms with Gasteiger partial charge in [-0.05, 0) is 18.2 Å². The molecule has 9 heteroatoms. The fraction of sp³-hybridized carbons (Fsp3) is 0.300. The highest BCUT2D eigenvalue weighted by atomic mass is 35.5. The lowest BCUT2D eigenvalue weighted by atomic mass is 10.3. The number of sulfonamides is 1. The number of nitrogens with zero attached hydrogens (tertiary/aromatic N) is 1. The zero-order valence-electron chi connectivity index (χ0n) is 9.42. The number of hydrogen-bond donors (Lipinski definition) is 1. The molecule has 1 aromatic rings. The Labute approximate surface area is 118 Å². The maximum atomic E-state index is 13.2. The third-order valence-corrected chi connectivity index (χ3v) is 6.12. The molecule has 0 amide bonds. The number of halogens is 2. The summed E-state index contributed by atoms with van der Waals surface area (Å²) in [7, 11) is -4.13. The Morgan fingerprint density at radius 2 is 2.21 bits per heavy atom. The Balaban J connectivity index is 2.48. The molecule has 0 aromatic heterocycles. The van der Waals surface area contributed by atoms with Gasteiger partial charge in [-0.2, -0.15) is 4.31 Å². The van der Waals surface area contributed by atoms with E-state index in [1.54, 1.807) is 0 Å². The van der Waals surface area contributed by atoms with E-state index in [0.717, 1.165) is 22.5 Å². The van der Waals surface area contributed by atoms with E-state index in [9.17, 15) is 17.6 Å². The highest BCUT2D eigenvalue weighted by molar-refractivity contribution is 8.00. The van der Waals surface area contributed by atoms with E-state index < -0.39 is 32.7 Å². The van der Waals surface area contributed by atoms with Crippen LogP contribution in [0.25, 0.3) is 0 Å². The maximum absolute atomic E-state index is 13.2. The normalized spacial score (nSPS) is 20.6. The zero-order chi connectivity index (χ0) is 14.2. The average Bonchev–Trinajstić information content (AvgIpc) is 2.82. The molecule has 0 spiro atoms. The number of carbonyl (C=O) groups is 1. The van der Waals surface area contributed by atoms with Gasteiger partial charge in [0.2, 0.25) is 10.0 Å². The zero-order valence-corrected chi connectivity index (χ0v) is 11.8. The van der Waals surface area contributed by atoms with E-state index in [-0.39, 0.29) is 16.7 Å². The summed E-state index contributed by atoms with van der Waals surface area (Å²) in [6.07, 6.45) is 0. The molecule has 1 aromatic carbocycles. The van der Waals surface area contributed by atoms with Crippen LogP contribution >= 0.6 is 23.4 Å². The number of carboxylic acids is 1. The van der Waals surface area contributed by atoms with Gasteiger partial charge in [-0.15, -0.1) is 11.8 Å². The molecule has 0 bridgehead atoms. The van der Waals surface area contributed by atoms with Crippen molar-refractivity contribution in [2.75, 3.05) is 11.6 Å². The monoisotopic (exact) mass is 325 g/mol. The molecule has 19 heavy (non-hydrogen) atoms. The first-order valence-electron chi connectivity index (χ1n) is 5.11. The second-order valence-corrected chi connectivity index (χ2v) is 7.09. The van der Waals surface area contributed by atoms with Gasteiger partial charge in [0.25, 0.3) is 0 Å². The topological polar surface area (TPSA) is 74.7 Å². The van der Waals surface area contributed by atoms with Crippen molar-refractivity contribution in [2.45, 2.75) is 10.9 Å². The number of benzene rings is 1. The quantitative estimate of drug-likeness (QED) is 0.914. The maximum Gasteiger partial charge on any atom is 0.322 e. The van der Waals surface area contributed by atoms with Crippen LogP contribution < -0.4 is 0 Å². The molecule has 1 saturated heterocycles. The highest BCUT2D eigenvalue weighted by Gasteiger charge is 2.40. The first-order valence-corrected chi connectivity index (χ1v) is 8.09. The van der Waals surface area contributed by atoms with Crippen molar-refractivity contribution in [2.24, 2.45) is 0 Å². The predicted octanol–water partition coefficient (Wildman–Crippen LogP) is 1.63. The van der Waals surface area contributed by atoms with Gasteiger partial charge in [0.1, 0.15) is 16.8 Å². The molecule has 0 unspecified atom stereocenters. The summed E-state index contributed by atoms with van der Waals surface area (Å²) >= 11 is 6.94. The minimum absolute atomic E-state index is 0.00609. The molecule has 0 saturated carbocycles. The Morgan fingerprint density at radius 1 is 1.53 bits per heavy atom. The van der Waals surface area contributed by atoms with Crippen LogP contribution in [0.15, 0.2) is 23.1 Å². The molecule has 1 atom stereocenters. The number of hydrogen-bond acceptors (Lipinski definition) is 4. The van der Waals surface area contributed by atoms with Gasteiger partial charge in [0.15, 0.2) is 0 Å². The summed E-state index contributed by atoms with van der Waals surface area (Å²) in [5.74, 6) is -1.82. The molecule has 1 aliphatic heterocycles. The van der Waals surface area contributed by atoms with Crippen molar-refractivity contribution in [1.29, 1.82) is 0 Å². The molecule has 5 nitrogen and oxygen atoms in total. The van der Waals surface area contributed by atoms with Gasteiger partial charge in [0.05, 0.1) is 10.9 Å². The summed E-state index contributed by atoms with van der Waals surface area (Å²) in [4.78, 5) is 10.6. The van der Waals surface area contributed by atoms with Crippen LogP contribution in [-0.4, -0.2) is 41.5 Å². The van der Waals surface area contributed by atoms with Gasteiger partial charge in [-0.3, -0.25) is 4.79 Å². The average molecular weight is 326 g/mol. The summed E-state index contributed by atoms with van der Waals surface area (Å²) in [6, 6.07) is 1.80. The summed E-state index contributed by atoms with van der Waals surface area (Å²) < 4.78 is 38.6. The van der Waals surface area contributed by atoms with Gasteiger partial charge >= 0.3 is 5.97 Å². The lowest BCUT2D eigenvalue weighted by Crippen LogP contribution is -2.41. The van der Waals surface area contributed by atoms with Crippen molar-refractivity contribution in [3.8, 4) is 0 Å². The van der Waals surface area contributed by atoms with Gasteiger partial charge in [-0.25, -0.2) is 12.8 Å². The van der Waals surface area contributed by atoms with Crippen LogP contribution in [0.1, 0.15) is 0 Å². The minimum atomic E-state index is -4.13. The van der Waals surface area contributed by atoms with Crippen LogP contribution in [-0.2, 0) is 14.8 Å². The summed E-state index contributed by atoms with van der Waals surface area (Å²) in [6.45, 7) is 0. The fourth-order valence-electron chi connectivity index (χ4n) is 1.66. The van der Waals surface area contributed by atoms with E-state index in [1.165, 1.54) is 11.8 Å². The standard InChI is InChI=1S/C10H9ClFNO4S2/c11-7-2-1-6(12)3-9(7)19(16,17)13-5-18-4-8(13)10(14)15/h1-3,8H,4-5H2,(H,14,15)/t8-/m0/s1. The molecule has 104 valence electrons. The Kier molecular flexibility index (Phi) is 4.05. The second-order valence-electron chi connectivity index (χ2n) is 3.82. The van der Waals surface area contributed by atoms with Crippen molar-refractivity contribution >= 4 is 39.4 Å². The van der Waals surface area contributed by atoms with Gasteiger partial charge in [0, 0.05) is 5.75 Å². The highest BCUT2D eigenvalue weighted by Crippen LogP contribution is 2.32. The SMILES string of the molecule is O=C(O)[C@@H]1CSCN1S(=O)(=O)c1cc(F)ccc1Cl. The molecule has 0 aliphatic carbocycles. The smallest absolute Gasteiger partial charge is 0.322 e. The lowest BCUT2D eigenvalue weighted by Gasteiger charge is -2.20. The lowest BCUT2D eigenvalue weighted by molar-refractivity contribution is -0.140. The van der Waals surface area contributed by atoms with E-state index in [4.69, 9.17) is 16.7 Å². The Hall–Kier alpha value is -0.830. The van der Waals surface area contributed by atoms with Crippen molar-refractivity contribution < 1.29 is 22.7 Å². The number of rotatable bonds is 3. The summed E-state index contributed by atoms with van der Waals surface area (Å²) in [5, 5.41) is 8.85. The van der Waals surface area contributed by atoms with E-state index in [0.29, 0.717) is 0 Å². The molecule has 0 radical (unpaired) electrons. The van der Waals surface area contributed by atoms with Crippen LogP contribution in [0.2, 0.25) is 5.02 Å². The molecular formula is C10H9ClFNO4S2. The first kappa shape index (κ1) is 14.6. The molecular weight excluding hydrogens is 317 g/mol. The van der Waals surface area contributed by atoms with Gasteiger partial charge in [-0.1, -0.05) is 11.6 Å². The number of thioether (sulfide) groups is 1. The van der Waals surface area contributed by atoms with Crippen LogP contribution in [0, 0.1) is 5.82 Å². The largest absolute Gasteiger partial charge is 0.480 e. The fourth-order valence-corrected chi connectivity index (χ4v) is 5.28. The number of aliphatic carboxylic acids is 1. The third kappa shape index (κ3) is 2.71. The Morgan fingerprint density at radius 3 is 2.84 bits per heavy atom. The van der Waals surface area contributed by atoms with E-state index in [1.807, 2.05) is 0 Å². The Bertz CT molecular complexity index is 622. The van der Waals surface area contributed by atoms with Gasteiger partial charge < -0.3 is 5.11 Å². The molecule has 1 heterocycles. The predicted molar refractivity (Wildman–Crippen MR) is 69.2 cm³/mol. The van der Waals surface area contributed by atoms with Crippen LogP contribution in [0.4, 0.5) is 4.39 Å². The second kappa shape index (κ2) is 5.28. The van der Waals surface area contributed by atoms with Crippen molar-refractivity contribution in [3.63, 3.8) is 0 Å². The molecule has 1 N–H and O–H groups in total. The molecule has 2 rings (SSSR count). The molecule has 1 fully saturated rings. The van der Waals surface area contributed by atoms with E-state index >= 15 is 0 Å². The first-order chi connectivity index (χ1) is 8.84. The third-order valence-electron chi connectivity index (χ3n) is 2.61.